The molecule has 5 heteroatoms. The second kappa shape index (κ2) is 9.21. The molecule has 0 saturated heterocycles. The number of carbonyl (C=O) groups excluding carboxylic acids is 2. The Bertz CT molecular complexity index is 800. The molecule has 5 nitrogen and oxygen atoms in total. The third-order valence-electron chi connectivity index (χ3n) is 4.48. The number of amides is 2. The highest BCUT2D eigenvalue weighted by atomic mass is 16.5. The van der Waals surface area contributed by atoms with Gasteiger partial charge < -0.3 is 15.4 Å². The molecule has 0 aromatic heterocycles. The van der Waals surface area contributed by atoms with Gasteiger partial charge >= 0.3 is 0 Å². The summed E-state index contributed by atoms with van der Waals surface area (Å²) in [5, 5.41) is 5.88. The topological polar surface area (TPSA) is 67.4 Å². The Kier molecular flexibility index (Phi) is 6.99. The molecule has 0 saturated carbocycles. The van der Waals surface area contributed by atoms with Crippen molar-refractivity contribution in [2.45, 2.75) is 46.2 Å². The SMILES string of the molecule is COc1ccc(C)cc1C(C)NC(=O)CC(NC(C)=O)c1ccc(C)cc1. The summed E-state index contributed by atoms with van der Waals surface area (Å²) in [4.78, 5) is 24.2. The van der Waals surface area contributed by atoms with Gasteiger partial charge in [-0.15, -0.1) is 0 Å². The minimum Gasteiger partial charge on any atom is -0.496 e. The smallest absolute Gasteiger partial charge is 0.222 e. The first-order valence-corrected chi connectivity index (χ1v) is 9.07. The highest BCUT2D eigenvalue weighted by Gasteiger charge is 2.20. The van der Waals surface area contributed by atoms with Crippen molar-refractivity contribution in [3.8, 4) is 5.75 Å². The zero-order chi connectivity index (χ0) is 20.0. The Morgan fingerprint density at radius 1 is 1.00 bits per heavy atom. The van der Waals surface area contributed by atoms with E-state index in [2.05, 4.69) is 10.6 Å². The second-order valence-electron chi connectivity index (χ2n) is 6.90. The highest BCUT2D eigenvalue weighted by Crippen LogP contribution is 2.26. The van der Waals surface area contributed by atoms with Gasteiger partial charge in [0.05, 0.1) is 25.6 Å². The molecule has 0 spiro atoms. The van der Waals surface area contributed by atoms with Crippen LogP contribution in [0.4, 0.5) is 0 Å². The summed E-state index contributed by atoms with van der Waals surface area (Å²) in [5.41, 5.74) is 4.07. The number of ether oxygens (including phenoxy) is 1. The van der Waals surface area contributed by atoms with E-state index in [1.165, 1.54) is 6.92 Å². The van der Waals surface area contributed by atoms with Crippen LogP contribution in [0.1, 0.15) is 54.6 Å². The van der Waals surface area contributed by atoms with Gasteiger partial charge in [0.1, 0.15) is 5.75 Å². The third kappa shape index (κ3) is 5.84. The molecule has 2 N–H and O–H groups in total. The predicted octanol–water partition coefficient (Wildman–Crippen LogP) is 3.76. The molecule has 2 unspecified atom stereocenters. The van der Waals surface area contributed by atoms with Crippen molar-refractivity contribution in [3.05, 3.63) is 64.7 Å². The summed E-state index contributed by atoms with van der Waals surface area (Å²) in [7, 11) is 1.62. The fourth-order valence-corrected chi connectivity index (χ4v) is 3.05. The summed E-state index contributed by atoms with van der Waals surface area (Å²) in [6.45, 7) is 7.39. The van der Waals surface area contributed by atoms with Crippen molar-refractivity contribution in [2.75, 3.05) is 7.11 Å². The maximum Gasteiger partial charge on any atom is 0.222 e. The molecule has 144 valence electrons. The minimum atomic E-state index is -0.366. The monoisotopic (exact) mass is 368 g/mol. The average molecular weight is 368 g/mol. The zero-order valence-electron chi connectivity index (χ0n) is 16.6. The molecule has 0 radical (unpaired) electrons. The maximum atomic E-state index is 12.6. The second-order valence-corrected chi connectivity index (χ2v) is 6.90. The van der Waals surface area contributed by atoms with Crippen molar-refractivity contribution >= 4 is 11.8 Å². The van der Waals surface area contributed by atoms with Gasteiger partial charge in [0.15, 0.2) is 0 Å². The third-order valence-corrected chi connectivity index (χ3v) is 4.48. The van der Waals surface area contributed by atoms with E-state index >= 15 is 0 Å². The standard InChI is InChI=1S/C22H28N2O3/c1-14-6-9-18(10-7-14)20(24-17(4)25)13-22(26)23-16(3)19-12-15(2)8-11-21(19)27-5/h6-12,16,20H,13H2,1-5H3,(H,23,26)(H,24,25). The van der Waals surface area contributed by atoms with E-state index in [0.717, 1.165) is 28.0 Å². The number of carbonyl (C=O) groups is 2. The van der Waals surface area contributed by atoms with Crippen LogP contribution in [0.25, 0.3) is 0 Å². The Labute approximate surface area is 161 Å². The fourth-order valence-electron chi connectivity index (χ4n) is 3.05. The summed E-state index contributed by atoms with van der Waals surface area (Å²) < 4.78 is 5.41. The van der Waals surface area contributed by atoms with E-state index in [1.807, 2.05) is 63.2 Å². The molecular weight excluding hydrogens is 340 g/mol. The van der Waals surface area contributed by atoms with Crippen molar-refractivity contribution < 1.29 is 14.3 Å². The lowest BCUT2D eigenvalue weighted by atomic mass is 10.0. The van der Waals surface area contributed by atoms with Crippen LogP contribution in [0.5, 0.6) is 5.75 Å². The maximum absolute atomic E-state index is 12.6. The van der Waals surface area contributed by atoms with Gasteiger partial charge in [-0.05, 0) is 32.4 Å². The predicted molar refractivity (Wildman–Crippen MR) is 107 cm³/mol. The van der Waals surface area contributed by atoms with E-state index in [4.69, 9.17) is 4.74 Å². The summed E-state index contributed by atoms with van der Waals surface area (Å²) in [6.07, 6.45) is 0.168. The molecule has 0 aliphatic carbocycles. The number of rotatable bonds is 7. The van der Waals surface area contributed by atoms with Crippen LogP contribution in [0.15, 0.2) is 42.5 Å². The largest absolute Gasteiger partial charge is 0.496 e. The number of benzene rings is 2. The van der Waals surface area contributed by atoms with Crippen LogP contribution in [0, 0.1) is 13.8 Å². The minimum absolute atomic E-state index is 0.134. The molecule has 2 rings (SSSR count). The Hall–Kier alpha value is -2.82. The van der Waals surface area contributed by atoms with Crippen LogP contribution in [0.2, 0.25) is 0 Å². The van der Waals surface area contributed by atoms with E-state index in [0.29, 0.717) is 0 Å². The lowest BCUT2D eigenvalue weighted by Crippen LogP contribution is -2.33. The van der Waals surface area contributed by atoms with E-state index in [-0.39, 0.29) is 30.3 Å². The zero-order valence-corrected chi connectivity index (χ0v) is 16.6. The van der Waals surface area contributed by atoms with Crippen LogP contribution >= 0.6 is 0 Å². The van der Waals surface area contributed by atoms with Gasteiger partial charge in [-0.1, -0.05) is 47.5 Å². The molecular formula is C22H28N2O3. The van der Waals surface area contributed by atoms with Crippen LogP contribution < -0.4 is 15.4 Å². The summed E-state index contributed by atoms with van der Waals surface area (Å²) in [6, 6.07) is 13.1. The van der Waals surface area contributed by atoms with Crippen LogP contribution in [-0.4, -0.2) is 18.9 Å². The Morgan fingerprint density at radius 2 is 1.63 bits per heavy atom. The summed E-state index contributed by atoms with van der Waals surface area (Å²) >= 11 is 0. The number of nitrogens with one attached hydrogen (secondary N) is 2. The van der Waals surface area contributed by atoms with Crippen LogP contribution in [-0.2, 0) is 9.59 Å². The van der Waals surface area contributed by atoms with Gasteiger partial charge in [-0.2, -0.15) is 0 Å². The van der Waals surface area contributed by atoms with Gasteiger partial charge in [-0.25, -0.2) is 0 Å². The normalized spacial score (nSPS) is 12.8. The molecule has 27 heavy (non-hydrogen) atoms. The van der Waals surface area contributed by atoms with Crippen molar-refractivity contribution in [1.82, 2.24) is 10.6 Å². The van der Waals surface area contributed by atoms with Crippen LogP contribution in [0.3, 0.4) is 0 Å². The summed E-state index contributed by atoms with van der Waals surface area (Å²) in [5.74, 6) is 0.442. The van der Waals surface area contributed by atoms with E-state index in [1.54, 1.807) is 7.11 Å². The number of methoxy groups -OCH3 is 1. The number of hydrogen-bond donors (Lipinski definition) is 2. The molecule has 2 atom stereocenters. The molecule has 2 aromatic rings. The molecule has 2 amide bonds. The lowest BCUT2D eigenvalue weighted by molar-refractivity contribution is -0.123. The number of aryl methyl sites for hydroxylation is 2. The molecule has 0 bridgehead atoms. The van der Waals surface area contributed by atoms with E-state index in [9.17, 15) is 9.59 Å². The van der Waals surface area contributed by atoms with Gasteiger partial charge in [0.25, 0.3) is 0 Å². The lowest BCUT2D eigenvalue weighted by Gasteiger charge is -2.21. The molecule has 2 aromatic carbocycles. The molecule has 0 heterocycles. The first-order valence-electron chi connectivity index (χ1n) is 9.07. The highest BCUT2D eigenvalue weighted by molar-refractivity contribution is 5.79. The van der Waals surface area contributed by atoms with Crippen molar-refractivity contribution in [1.29, 1.82) is 0 Å². The van der Waals surface area contributed by atoms with Gasteiger partial charge in [-0.3, -0.25) is 9.59 Å². The van der Waals surface area contributed by atoms with Crippen molar-refractivity contribution in [2.24, 2.45) is 0 Å². The van der Waals surface area contributed by atoms with Gasteiger partial charge in [0.2, 0.25) is 11.8 Å². The number of hydrogen-bond acceptors (Lipinski definition) is 3. The van der Waals surface area contributed by atoms with Gasteiger partial charge in [0, 0.05) is 12.5 Å². The Morgan fingerprint density at radius 3 is 2.22 bits per heavy atom. The molecule has 0 aliphatic heterocycles. The fraction of sp³-hybridized carbons (Fsp3) is 0.364. The average Bonchev–Trinajstić information content (AvgIpc) is 2.61. The quantitative estimate of drug-likeness (QED) is 0.782. The van der Waals surface area contributed by atoms with E-state index < -0.39 is 0 Å². The molecule has 0 fully saturated rings. The Balaban J connectivity index is 2.12. The molecule has 0 aliphatic rings. The first kappa shape index (κ1) is 20.5. The first-order chi connectivity index (χ1) is 12.8. The van der Waals surface area contributed by atoms with Crippen molar-refractivity contribution in [3.63, 3.8) is 0 Å².